The molecule has 1 aromatic rings. The van der Waals surface area contributed by atoms with Crippen molar-refractivity contribution in [2.45, 2.75) is 44.3 Å². The number of hydrogen-bond donors (Lipinski definition) is 2. The molecule has 132 valence electrons. The van der Waals surface area contributed by atoms with E-state index in [-0.39, 0.29) is 18.1 Å². The standard InChI is InChI=1S/C18H25FN2O3/c1-24-17-5-4-13(6-16(17)19)9-20-14-7-15(8-14)21(11-18(22)23)10-12-2-3-12/h4-6,12,14-15,20H,2-3,7-11H2,1H3,(H,22,23). The fraction of sp³-hybridized carbons (Fsp3) is 0.611. The summed E-state index contributed by atoms with van der Waals surface area (Å²) in [7, 11) is 1.45. The molecule has 0 bridgehead atoms. The van der Waals surface area contributed by atoms with Gasteiger partial charge in [-0.2, -0.15) is 0 Å². The first-order valence-electron chi connectivity index (χ1n) is 8.56. The van der Waals surface area contributed by atoms with Crippen LogP contribution in [-0.2, 0) is 11.3 Å². The predicted octanol–water partition coefficient (Wildman–Crippen LogP) is 2.25. The monoisotopic (exact) mass is 336 g/mol. The highest BCUT2D eigenvalue weighted by atomic mass is 19.1. The van der Waals surface area contributed by atoms with Crippen molar-refractivity contribution < 1.29 is 19.0 Å². The van der Waals surface area contributed by atoms with E-state index in [1.54, 1.807) is 6.07 Å². The highest BCUT2D eigenvalue weighted by molar-refractivity contribution is 5.69. The normalized spacial score (nSPS) is 23.1. The van der Waals surface area contributed by atoms with E-state index in [1.165, 1.54) is 26.0 Å². The lowest BCUT2D eigenvalue weighted by molar-refractivity contribution is -0.139. The Morgan fingerprint density at radius 3 is 2.75 bits per heavy atom. The fourth-order valence-electron chi connectivity index (χ4n) is 3.28. The van der Waals surface area contributed by atoms with Gasteiger partial charge in [-0.05, 0) is 49.3 Å². The van der Waals surface area contributed by atoms with Crippen LogP contribution in [-0.4, -0.2) is 48.3 Å². The average Bonchev–Trinajstić information content (AvgIpc) is 3.29. The Hall–Kier alpha value is -1.66. The van der Waals surface area contributed by atoms with Crippen LogP contribution in [0.15, 0.2) is 18.2 Å². The van der Waals surface area contributed by atoms with Gasteiger partial charge in [0.1, 0.15) is 0 Å². The summed E-state index contributed by atoms with van der Waals surface area (Å²) in [5.41, 5.74) is 0.886. The molecule has 0 aliphatic heterocycles. The van der Waals surface area contributed by atoms with Gasteiger partial charge >= 0.3 is 5.97 Å². The molecule has 2 saturated carbocycles. The van der Waals surface area contributed by atoms with Gasteiger partial charge in [0.2, 0.25) is 0 Å². The summed E-state index contributed by atoms with van der Waals surface area (Å²) < 4.78 is 18.6. The first kappa shape index (κ1) is 17.2. The second-order valence-electron chi connectivity index (χ2n) is 6.94. The second kappa shape index (κ2) is 7.49. The zero-order valence-corrected chi connectivity index (χ0v) is 14.0. The number of carboxylic acids is 1. The minimum absolute atomic E-state index is 0.136. The van der Waals surface area contributed by atoms with Gasteiger partial charge in [-0.15, -0.1) is 0 Å². The van der Waals surface area contributed by atoms with Crippen molar-refractivity contribution in [3.8, 4) is 5.75 Å². The van der Waals surface area contributed by atoms with Crippen molar-refractivity contribution in [3.05, 3.63) is 29.6 Å². The summed E-state index contributed by atoms with van der Waals surface area (Å²) in [5.74, 6) is -0.147. The van der Waals surface area contributed by atoms with E-state index in [0.29, 0.717) is 24.5 Å². The summed E-state index contributed by atoms with van der Waals surface area (Å²) in [6.07, 6.45) is 4.37. The number of carboxylic acid groups (broad SMARTS) is 1. The Morgan fingerprint density at radius 1 is 1.42 bits per heavy atom. The molecule has 2 aliphatic carbocycles. The van der Waals surface area contributed by atoms with Gasteiger partial charge in [0, 0.05) is 25.2 Å². The molecule has 0 atom stereocenters. The van der Waals surface area contributed by atoms with Crippen molar-refractivity contribution in [3.63, 3.8) is 0 Å². The first-order valence-corrected chi connectivity index (χ1v) is 8.56. The summed E-state index contributed by atoms with van der Waals surface area (Å²) in [6.45, 7) is 1.66. The van der Waals surface area contributed by atoms with E-state index in [0.717, 1.165) is 24.9 Å². The van der Waals surface area contributed by atoms with Crippen LogP contribution in [0.1, 0.15) is 31.2 Å². The Bertz CT molecular complexity index is 586. The van der Waals surface area contributed by atoms with Crippen LogP contribution in [0, 0.1) is 11.7 Å². The number of nitrogens with one attached hydrogen (secondary N) is 1. The fourth-order valence-corrected chi connectivity index (χ4v) is 3.28. The van der Waals surface area contributed by atoms with Crippen molar-refractivity contribution in [1.29, 1.82) is 0 Å². The first-order chi connectivity index (χ1) is 11.5. The largest absolute Gasteiger partial charge is 0.494 e. The molecule has 0 saturated heterocycles. The average molecular weight is 336 g/mol. The molecule has 2 aliphatic rings. The molecule has 6 heteroatoms. The SMILES string of the molecule is COc1ccc(CNC2CC(N(CC(=O)O)CC3CC3)C2)cc1F. The lowest BCUT2D eigenvalue weighted by Gasteiger charge is -2.43. The molecule has 24 heavy (non-hydrogen) atoms. The highest BCUT2D eigenvalue weighted by Crippen LogP contribution is 2.33. The van der Waals surface area contributed by atoms with Crippen LogP contribution in [0.3, 0.4) is 0 Å². The van der Waals surface area contributed by atoms with Crippen molar-refractivity contribution in [1.82, 2.24) is 10.2 Å². The van der Waals surface area contributed by atoms with Crippen LogP contribution in [0.4, 0.5) is 4.39 Å². The predicted molar refractivity (Wildman–Crippen MR) is 88.5 cm³/mol. The molecule has 3 rings (SSSR count). The van der Waals surface area contributed by atoms with Gasteiger partial charge in [0.15, 0.2) is 11.6 Å². The van der Waals surface area contributed by atoms with Gasteiger partial charge < -0.3 is 15.2 Å². The second-order valence-corrected chi connectivity index (χ2v) is 6.94. The molecule has 2 fully saturated rings. The van der Waals surface area contributed by atoms with E-state index in [9.17, 15) is 9.18 Å². The number of benzene rings is 1. The lowest BCUT2D eigenvalue weighted by atomic mass is 9.85. The minimum atomic E-state index is -0.749. The Balaban J connectivity index is 1.44. The maximum absolute atomic E-state index is 13.7. The van der Waals surface area contributed by atoms with E-state index >= 15 is 0 Å². The zero-order chi connectivity index (χ0) is 17.1. The molecule has 0 unspecified atom stereocenters. The van der Waals surface area contributed by atoms with Gasteiger partial charge in [-0.3, -0.25) is 9.69 Å². The van der Waals surface area contributed by atoms with Gasteiger partial charge in [0.25, 0.3) is 0 Å². The molecule has 0 aromatic heterocycles. The molecule has 0 radical (unpaired) electrons. The molecular weight excluding hydrogens is 311 g/mol. The van der Waals surface area contributed by atoms with Crippen molar-refractivity contribution in [2.24, 2.45) is 5.92 Å². The number of ether oxygens (including phenoxy) is 1. The van der Waals surface area contributed by atoms with Crippen molar-refractivity contribution in [2.75, 3.05) is 20.2 Å². The van der Waals surface area contributed by atoms with Gasteiger partial charge in [-0.25, -0.2) is 4.39 Å². The van der Waals surface area contributed by atoms with E-state index in [1.807, 2.05) is 6.07 Å². The molecule has 0 spiro atoms. The third-order valence-electron chi connectivity index (χ3n) is 4.97. The topological polar surface area (TPSA) is 61.8 Å². The number of methoxy groups -OCH3 is 1. The zero-order valence-electron chi connectivity index (χ0n) is 14.0. The van der Waals surface area contributed by atoms with E-state index in [2.05, 4.69) is 10.2 Å². The number of nitrogens with zero attached hydrogens (tertiary/aromatic N) is 1. The highest BCUT2D eigenvalue weighted by Gasteiger charge is 2.36. The number of carbonyl (C=O) groups is 1. The maximum Gasteiger partial charge on any atom is 0.317 e. The summed E-state index contributed by atoms with van der Waals surface area (Å²) in [6, 6.07) is 5.71. The third-order valence-corrected chi connectivity index (χ3v) is 4.97. The smallest absolute Gasteiger partial charge is 0.317 e. The third kappa shape index (κ3) is 4.45. The molecule has 2 N–H and O–H groups in total. The quantitative estimate of drug-likeness (QED) is 0.724. The summed E-state index contributed by atoms with van der Waals surface area (Å²) >= 11 is 0. The molecule has 0 heterocycles. The molecule has 0 amide bonds. The maximum atomic E-state index is 13.7. The molecule has 5 nitrogen and oxygen atoms in total. The summed E-state index contributed by atoms with van der Waals surface area (Å²) in [4.78, 5) is 13.1. The Morgan fingerprint density at radius 2 is 2.17 bits per heavy atom. The van der Waals surface area contributed by atoms with Crippen LogP contribution >= 0.6 is 0 Å². The summed E-state index contributed by atoms with van der Waals surface area (Å²) in [5, 5.41) is 12.5. The van der Waals surface area contributed by atoms with Crippen LogP contribution in [0.25, 0.3) is 0 Å². The van der Waals surface area contributed by atoms with Gasteiger partial charge in [0.05, 0.1) is 13.7 Å². The Labute approximate surface area is 141 Å². The number of aliphatic carboxylic acids is 1. The van der Waals surface area contributed by atoms with E-state index in [4.69, 9.17) is 9.84 Å². The number of halogens is 1. The molecule has 1 aromatic carbocycles. The number of hydrogen-bond acceptors (Lipinski definition) is 4. The van der Waals surface area contributed by atoms with E-state index < -0.39 is 5.97 Å². The van der Waals surface area contributed by atoms with Gasteiger partial charge in [-0.1, -0.05) is 6.07 Å². The van der Waals surface area contributed by atoms with Crippen LogP contribution in [0.2, 0.25) is 0 Å². The van der Waals surface area contributed by atoms with Crippen LogP contribution in [0.5, 0.6) is 5.75 Å². The molecular formula is C18H25FN2O3. The Kier molecular flexibility index (Phi) is 5.36. The number of rotatable bonds is 9. The van der Waals surface area contributed by atoms with Crippen LogP contribution < -0.4 is 10.1 Å². The van der Waals surface area contributed by atoms with Crippen molar-refractivity contribution >= 4 is 5.97 Å². The minimum Gasteiger partial charge on any atom is -0.494 e. The lowest BCUT2D eigenvalue weighted by Crippen LogP contribution is -2.54.